The second kappa shape index (κ2) is 5.85. The summed E-state index contributed by atoms with van der Waals surface area (Å²) in [5, 5.41) is 0.516. The maximum Gasteiger partial charge on any atom is 0.272 e. The fourth-order valence-corrected chi connectivity index (χ4v) is 1.92. The first-order valence-electron chi connectivity index (χ1n) is 5.99. The Hall–Kier alpha value is -1.87. The van der Waals surface area contributed by atoms with Gasteiger partial charge in [-0.2, -0.15) is 0 Å². The minimum Gasteiger partial charge on any atom is -0.336 e. The number of amides is 1. The van der Waals surface area contributed by atoms with Gasteiger partial charge in [0.1, 0.15) is 5.69 Å². The maximum absolute atomic E-state index is 12.2. The fourth-order valence-electron chi connectivity index (χ4n) is 1.76. The van der Waals surface area contributed by atoms with Gasteiger partial charge in [0.2, 0.25) is 0 Å². The van der Waals surface area contributed by atoms with Gasteiger partial charge < -0.3 is 4.90 Å². The summed E-state index contributed by atoms with van der Waals surface area (Å²) < 4.78 is 0. The van der Waals surface area contributed by atoms with Gasteiger partial charge in [0.25, 0.3) is 5.91 Å². The highest BCUT2D eigenvalue weighted by Gasteiger charge is 2.13. The van der Waals surface area contributed by atoms with Crippen LogP contribution in [-0.4, -0.2) is 22.8 Å². The van der Waals surface area contributed by atoms with Crippen molar-refractivity contribution in [1.29, 1.82) is 0 Å². The number of benzene rings is 1. The van der Waals surface area contributed by atoms with Crippen molar-refractivity contribution in [3.63, 3.8) is 0 Å². The van der Waals surface area contributed by atoms with Crippen molar-refractivity contribution in [1.82, 2.24) is 9.88 Å². The topological polar surface area (TPSA) is 33.2 Å². The molecule has 2 aromatic rings. The van der Waals surface area contributed by atoms with E-state index in [0.29, 0.717) is 17.3 Å². The first kappa shape index (κ1) is 13.6. The molecule has 0 aliphatic rings. The Balaban J connectivity index is 2.09. The summed E-state index contributed by atoms with van der Waals surface area (Å²) in [5.74, 6) is -0.136. The number of carbonyl (C=O) groups excluding carboxylic acids is 1. The van der Waals surface area contributed by atoms with E-state index < -0.39 is 0 Å². The minimum atomic E-state index is -0.136. The third-order valence-electron chi connectivity index (χ3n) is 2.83. The molecule has 3 nitrogen and oxygen atoms in total. The summed E-state index contributed by atoms with van der Waals surface area (Å²) >= 11 is 5.86. The Labute approximate surface area is 117 Å². The average molecular weight is 275 g/mol. The summed E-state index contributed by atoms with van der Waals surface area (Å²) in [7, 11) is 1.75. The van der Waals surface area contributed by atoms with Crippen LogP contribution >= 0.6 is 11.6 Å². The Kier molecular flexibility index (Phi) is 4.17. The quantitative estimate of drug-likeness (QED) is 0.860. The predicted octanol–water partition coefficient (Wildman–Crippen LogP) is 3.32. The zero-order valence-electron chi connectivity index (χ0n) is 10.9. The van der Waals surface area contributed by atoms with E-state index in [1.165, 1.54) is 11.8 Å². The molecule has 98 valence electrons. The third kappa shape index (κ3) is 3.55. The van der Waals surface area contributed by atoms with Crippen LogP contribution in [0.25, 0.3) is 0 Å². The molecule has 0 radical (unpaired) electrons. The van der Waals surface area contributed by atoms with Crippen LogP contribution in [0.15, 0.2) is 42.6 Å². The van der Waals surface area contributed by atoms with Crippen molar-refractivity contribution in [2.24, 2.45) is 0 Å². The van der Waals surface area contributed by atoms with E-state index in [2.05, 4.69) is 4.98 Å². The van der Waals surface area contributed by atoms with E-state index in [9.17, 15) is 4.79 Å². The van der Waals surface area contributed by atoms with Gasteiger partial charge in [-0.15, -0.1) is 0 Å². The van der Waals surface area contributed by atoms with Crippen molar-refractivity contribution in [3.8, 4) is 0 Å². The normalized spacial score (nSPS) is 10.3. The van der Waals surface area contributed by atoms with Gasteiger partial charge in [-0.25, -0.2) is 0 Å². The molecule has 0 bridgehead atoms. The Morgan fingerprint density at radius 1 is 1.26 bits per heavy atom. The van der Waals surface area contributed by atoms with E-state index in [-0.39, 0.29) is 5.91 Å². The van der Waals surface area contributed by atoms with E-state index in [1.807, 2.05) is 31.2 Å². The van der Waals surface area contributed by atoms with Crippen LogP contribution in [-0.2, 0) is 6.54 Å². The van der Waals surface area contributed by atoms with Gasteiger partial charge in [0.15, 0.2) is 0 Å². The largest absolute Gasteiger partial charge is 0.336 e. The van der Waals surface area contributed by atoms with Crippen LogP contribution < -0.4 is 0 Å². The van der Waals surface area contributed by atoms with Crippen molar-refractivity contribution in [2.45, 2.75) is 13.5 Å². The van der Waals surface area contributed by atoms with Gasteiger partial charge in [0, 0.05) is 24.8 Å². The zero-order chi connectivity index (χ0) is 13.8. The van der Waals surface area contributed by atoms with Crippen LogP contribution in [0.5, 0.6) is 0 Å². The number of aromatic nitrogens is 1. The summed E-state index contributed by atoms with van der Waals surface area (Å²) in [6.07, 6.45) is 1.54. The van der Waals surface area contributed by atoms with Crippen LogP contribution in [0, 0.1) is 6.92 Å². The molecule has 1 amide bonds. The van der Waals surface area contributed by atoms with Gasteiger partial charge in [-0.3, -0.25) is 9.78 Å². The van der Waals surface area contributed by atoms with E-state index in [0.717, 1.165) is 5.56 Å². The number of carbonyl (C=O) groups is 1. The Morgan fingerprint density at radius 2 is 1.95 bits per heavy atom. The third-order valence-corrected chi connectivity index (χ3v) is 3.06. The fraction of sp³-hybridized carbons (Fsp3) is 0.200. The molecule has 0 saturated carbocycles. The second-order valence-electron chi connectivity index (χ2n) is 4.51. The van der Waals surface area contributed by atoms with Crippen LogP contribution in [0.2, 0.25) is 5.02 Å². The summed E-state index contributed by atoms with van der Waals surface area (Å²) in [5.41, 5.74) is 2.65. The molecule has 0 aliphatic carbocycles. The monoisotopic (exact) mass is 274 g/mol. The lowest BCUT2D eigenvalue weighted by Crippen LogP contribution is -2.26. The number of hydrogen-bond acceptors (Lipinski definition) is 2. The molecule has 0 aliphatic heterocycles. The van der Waals surface area contributed by atoms with E-state index >= 15 is 0 Å². The molecule has 0 atom stereocenters. The predicted molar refractivity (Wildman–Crippen MR) is 76.2 cm³/mol. The molecule has 1 heterocycles. The SMILES string of the molecule is Cc1ccc(CN(C)C(=O)c2cc(Cl)ccn2)cc1. The van der Waals surface area contributed by atoms with Gasteiger partial charge in [-0.1, -0.05) is 41.4 Å². The number of halogens is 1. The summed E-state index contributed by atoms with van der Waals surface area (Å²) in [6.45, 7) is 2.59. The van der Waals surface area contributed by atoms with E-state index in [1.54, 1.807) is 24.1 Å². The molecule has 19 heavy (non-hydrogen) atoms. The average Bonchev–Trinajstić information content (AvgIpc) is 2.40. The Morgan fingerprint density at radius 3 is 2.58 bits per heavy atom. The maximum atomic E-state index is 12.2. The number of pyridine rings is 1. The number of nitrogens with zero attached hydrogens (tertiary/aromatic N) is 2. The highest BCUT2D eigenvalue weighted by molar-refractivity contribution is 6.30. The van der Waals surface area contributed by atoms with Crippen molar-refractivity contribution < 1.29 is 4.79 Å². The molecule has 0 fully saturated rings. The Bertz CT molecular complexity index is 581. The molecule has 0 unspecified atom stereocenters. The second-order valence-corrected chi connectivity index (χ2v) is 4.94. The molecule has 0 N–H and O–H groups in total. The summed E-state index contributed by atoms with van der Waals surface area (Å²) in [4.78, 5) is 17.8. The molecular weight excluding hydrogens is 260 g/mol. The molecule has 0 spiro atoms. The molecule has 4 heteroatoms. The lowest BCUT2D eigenvalue weighted by Gasteiger charge is -2.17. The standard InChI is InChI=1S/C15H15ClN2O/c1-11-3-5-12(6-4-11)10-18(2)15(19)14-9-13(16)7-8-17-14/h3-9H,10H2,1-2H3. The number of aryl methyl sites for hydroxylation is 1. The highest BCUT2D eigenvalue weighted by atomic mass is 35.5. The number of hydrogen-bond donors (Lipinski definition) is 0. The zero-order valence-corrected chi connectivity index (χ0v) is 11.7. The lowest BCUT2D eigenvalue weighted by molar-refractivity contribution is 0.0779. The smallest absolute Gasteiger partial charge is 0.272 e. The highest BCUT2D eigenvalue weighted by Crippen LogP contribution is 2.12. The molecular formula is C15H15ClN2O. The number of rotatable bonds is 3. The van der Waals surface area contributed by atoms with Crippen molar-refractivity contribution in [3.05, 3.63) is 64.4 Å². The van der Waals surface area contributed by atoms with Crippen molar-refractivity contribution >= 4 is 17.5 Å². The van der Waals surface area contributed by atoms with Crippen LogP contribution in [0.3, 0.4) is 0 Å². The molecule has 1 aromatic carbocycles. The van der Waals surface area contributed by atoms with E-state index in [4.69, 9.17) is 11.6 Å². The first-order chi connectivity index (χ1) is 9.06. The molecule has 1 aromatic heterocycles. The van der Waals surface area contributed by atoms with Gasteiger partial charge in [-0.05, 0) is 24.6 Å². The lowest BCUT2D eigenvalue weighted by atomic mass is 10.1. The minimum absolute atomic E-state index is 0.136. The summed E-state index contributed by atoms with van der Waals surface area (Å²) in [6, 6.07) is 11.3. The van der Waals surface area contributed by atoms with Gasteiger partial charge in [0.05, 0.1) is 0 Å². The van der Waals surface area contributed by atoms with Crippen LogP contribution in [0.4, 0.5) is 0 Å². The molecule has 0 saturated heterocycles. The van der Waals surface area contributed by atoms with Crippen molar-refractivity contribution in [2.75, 3.05) is 7.05 Å². The van der Waals surface area contributed by atoms with Gasteiger partial charge >= 0.3 is 0 Å². The first-order valence-corrected chi connectivity index (χ1v) is 6.36. The molecule has 2 rings (SSSR count). The van der Waals surface area contributed by atoms with Crippen LogP contribution in [0.1, 0.15) is 21.6 Å².